The van der Waals surface area contributed by atoms with Crippen LogP contribution in [-0.2, 0) is 4.74 Å². The number of carbonyl (C=O) groups excluding carboxylic acids is 1. The maximum atomic E-state index is 11.8. The zero-order valence-electron chi connectivity index (χ0n) is 9.79. The van der Waals surface area contributed by atoms with E-state index in [1.165, 1.54) is 7.11 Å². The van der Waals surface area contributed by atoms with Crippen molar-refractivity contribution in [3.63, 3.8) is 0 Å². The Hall–Kier alpha value is -1.07. The Balaban J connectivity index is 2.72. The van der Waals surface area contributed by atoms with Gasteiger partial charge in [-0.15, -0.1) is 0 Å². The molecule has 0 aliphatic carbocycles. The lowest BCUT2D eigenvalue weighted by Gasteiger charge is -2.12. The van der Waals surface area contributed by atoms with Gasteiger partial charge in [0.05, 0.1) is 18.9 Å². The number of ether oxygens (including phenoxy) is 1. The third-order valence-electron chi connectivity index (χ3n) is 2.57. The molecule has 2 aromatic rings. The molecule has 1 aromatic carbocycles. The molecule has 0 saturated heterocycles. The molecule has 1 aromatic heterocycles. The summed E-state index contributed by atoms with van der Waals surface area (Å²) >= 11 is 6.83. The number of methoxy groups -OCH3 is 1. The Kier molecular flexibility index (Phi) is 3.92. The fraction of sp³-hybridized carbons (Fsp3) is 0.154. The van der Waals surface area contributed by atoms with E-state index in [4.69, 9.17) is 9.15 Å². The van der Waals surface area contributed by atoms with Gasteiger partial charge in [-0.2, -0.15) is 0 Å². The van der Waals surface area contributed by atoms with Gasteiger partial charge in [-0.05, 0) is 62.5 Å². The molecule has 0 bridgehead atoms. The van der Waals surface area contributed by atoms with Crippen LogP contribution in [0.15, 0.2) is 37.8 Å². The van der Waals surface area contributed by atoms with Crippen LogP contribution < -0.4 is 0 Å². The number of rotatable bonds is 2. The van der Waals surface area contributed by atoms with E-state index >= 15 is 0 Å². The first kappa shape index (κ1) is 13.4. The summed E-state index contributed by atoms with van der Waals surface area (Å²) in [6.45, 7) is 1.95. The molecular weight excluding hydrogens is 364 g/mol. The highest BCUT2D eigenvalue weighted by atomic mass is 79.9. The minimum Gasteiger partial charge on any atom is -0.465 e. The third-order valence-corrected chi connectivity index (χ3v) is 3.99. The minimum absolute atomic E-state index is 0.401. The monoisotopic (exact) mass is 372 g/mol. The lowest BCUT2D eigenvalue weighted by Crippen LogP contribution is -2.05. The van der Waals surface area contributed by atoms with Crippen LogP contribution in [0.3, 0.4) is 0 Å². The van der Waals surface area contributed by atoms with Gasteiger partial charge in [-0.25, -0.2) is 4.79 Å². The van der Waals surface area contributed by atoms with Crippen molar-refractivity contribution in [1.29, 1.82) is 0 Å². The highest BCUT2D eigenvalue weighted by molar-refractivity contribution is 9.11. The largest absolute Gasteiger partial charge is 0.465 e. The second kappa shape index (κ2) is 5.28. The van der Waals surface area contributed by atoms with Crippen LogP contribution in [0, 0.1) is 6.92 Å². The second-order valence-corrected chi connectivity index (χ2v) is 5.36. The van der Waals surface area contributed by atoms with Gasteiger partial charge in [0.15, 0.2) is 0 Å². The number of benzene rings is 1. The van der Waals surface area contributed by atoms with E-state index in [2.05, 4.69) is 31.9 Å². The molecule has 0 amide bonds. The molecule has 0 spiro atoms. The second-order valence-electron chi connectivity index (χ2n) is 3.71. The van der Waals surface area contributed by atoms with Crippen molar-refractivity contribution >= 4 is 37.8 Å². The zero-order valence-corrected chi connectivity index (χ0v) is 13.0. The van der Waals surface area contributed by atoms with Crippen molar-refractivity contribution in [2.75, 3.05) is 7.11 Å². The van der Waals surface area contributed by atoms with Gasteiger partial charge in [0.1, 0.15) is 5.76 Å². The molecule has 0 N–H and O–H groups in total. The minimum atomic E-state index is -0.401. The summed E-state index contributed by atoms with van der Waals surface area (Å²) in [6, 6.07) is 5.53. The molecule has 0 unspecified atom stereocenters. The normalized spacial score (nSPS) is 10.4. The SMILES string of the molecule is COC(=O)c1c(Br)cc(C)c(-c2ccco2)c1Br. The van der Waals surface area contributed by atoms with Crippen molar-refractivity contribution in [1.82, 2.24) is 0 Å². The van der Waals surface area contributed by atoms with Gasteiger partial charge in [0.25, 0.3) is 0 Å². The van der Waals surface area contributed by atoms with Crippen molar-refractivity contribution < 1.29 is 13.9 Å². The first-order chi connectivity index (χ1) is 8.56. The number of aryl methyl sites for hydroxylation is 1. The Bertz CT molecular complexity index is 589. The van der Waals surface area contributed by atoms with Gasteiger partial charge in [0.2, 0.25) is 0 Å². The predicted molar refractivity (Wildman–Crippen MR) is 75.6 cm³/mol. The molecule has 2 rings (SSSR count). The van der Waals surface area contributed by atoms with E-state index in [9.17, 15) is 4.79 Å². The van der Waals surface area contributed by atoms with Crippen molar-refractivity contribution in [2.24, 2.45) is 0 Å². The topological polar surface area (TPSA) is 39.4 Å². The molecule has 0 aliphatic rings. The van der Waals surface area contributed by atoms with Crippen LogP contribution >= 0.6 is 31.9 Å². The Morgan fingerprint density at radius 2 is 2.11 bits per heavy atom. The van der Waals surface area contributed by atoms with Crippen molar-refractivity contribution in [2.45, 2.75) is 6.92 Å². The molecule has 1 heterocycles. The van der Waals surface area contributed by atoms with Crippen LogP contribution in [0.2, 0.25) is 0 Å². The van der Waals surface area contributed by atoms with Crippen molar-refractivity contribution in [3.8, 4) is 11.3 Å². The Labute approximate surface area is 121 Å². The standard InChI is InChI=1S/C13H10Br2O3/c1-7-6-8(14)11(13(16)17-2)12(15)10(7)9-4-3-5-18-9/h3-6H,1-2H3. The first-order valence-electron chi connectivity index (χ1n) is 5.17. The quantitative estimate of drug-likeness (QED) is 0.724. The summed E-state index contributed by atoms with van der Waals surface area (Å²) in [6.07, 6.45) is 1.60. The number of furan rings is 1. The molecule has 0 radical (unpaired) electrons. The summed E-state index contributed by atoms with van der Waals surface area (Å²) in [7, 11) is 1.35. The Morgan fingerprint density at radius 1 is 1.39 bits per heavy atom. The molecule has 3 nitrogen and oxygen atoms in total. The van der Waals surface area contributed by atoms with Gasteiger partial charge in [0, 0.05) is 14.5 Å². The van der Waals surface area contributed by atoms with Crippen molar-refractivity contribution in [3.05, 3.63) is 44.5 Å². The third kappa shape index (κ3) is 2.24. The summed E-state index contributed by atoms with van der Waals surface area (Å²) in [5.74, 6) is 0.304. The number of hydrogen-bond donors (Lipinski definition) is 0. The van der Waals surface area contributed by atoms with Gasteiger partial charge < -0.3 is 9.15 Å². The number of hydrogen-bond acceptors (Lipinski definition) is 3. The number of carbonyl (C=O) groups is 1. The fourth-order valence-electron chi connectivity index (χ4n) is 1.75. The zero-order chi connectivity index (χ0) is 13.3. The number of esters is 1. The van der Waals surface area contributed by atoms with Crippen LogP contribution in [0.1, 0.15) is 15.9 Å². The first-order valence-corrected chi connectivity index (χ1v) is 6.75. The van der Waals surface area contributed by atoms with E-state index in [0.717, 1.165) is 11.1 Å². The molecule has 0 saturated carbocycles. The van der Waals surface area contributed by atoms with Crippen LogP contribution in [0.25, 0.3) is 11.3 Å². The molecule has 0 fully saturated rings. The molecule has 0 atom stereocenters. The maximum Gasteiger partial charge on any atom is 0.340 e. The maximum absolute atomic E-state index is 11.8. The summed E-state index contributed by atoms with van der Waals surface area (Å²) < 4.78 is 11.5. The summed E-state index contributed by atoms with van der Waals surface area (Å²) in [4.78, 5) is 11.8. The van der Waals surface area contributed by atoms with E-state index in [0.29, 0.717) is 20.3 Å². The van der Waals surface area contributed by atoms with Crippen LogP contribution in [-0.4, -0.2) is 13.1 Å². The predicted octanol–water partition coefficient (Wildman–Crippen LogP) is 4.57. The average Bonchev–Trinajstić information content (AvgIpc) is 2.81. The molecule has 18 heavy (non-hydrogen) atoms. The highest BCUT2D eigenvalue weighted by Crippen LogP contribution is 2.38. The van der Waals surface area contributed by atoms with E-state index in [1.807, 2.05) is 19.1 Å². The van der Waals surface area contributed by atoms with E-state index < -0.39 is 5.97 Å². The fourth-order valence-corrected chi connectivity index (χ4v) is 3.60. The van der Waals surface area contributed by atoms with Crippen LogP contribution in [0.5, 0.6) is 0 Å². The van der Waals surface area contributed by atoms with Crippen LogP contribution in [0.4, 0.5) is 0 Å². The highest BCUT2D eigenvalue weighted by Gasteiger charge is 2.21. The smallest absolute Gasteiger partial charge is 0.340 e. The summed E-state index contributed by atoms with van der Waals surface area (Å²) in [5, 5.41) is 0. The van der Waals surface area contributed by atoms with Gasteiger partial charge in [-0.1, -0.05) is 0 Å². The molecule has 5 heteroatoms. The van der Waals surface area contributed by atoms with E-state index in [-0.39, 0.29) is 0 Å². The molecular formula is C13H10Br2O3. The molecule has 0 aliphatic heterocycles. The van der Waals surface area contributed by atoms with E-state index in [1.54, 1.807) is 12.3 Å². The van der Waals surface area contributed by atoms with Gasteiger partial charge >= 0.3 is 5.97 Å². The lowest BCUT2D eigenvalue weighted by molar-refractivity contribution is 0.0598. The Morgan fingerprint density at radius 3 is 2.67 bits per heavy atom. The molecule has 94 valence electrons. The number of halogens is 2. The van der Waals surface area contributed by atoms with Gasteiger partial charge in [-0.3, -0.25) is 0 Å². The lowest BCUT2D eigenvalue weighted by atomic mass is 10.0. The average molecular weight is 374 g/mol. The summed E-state index contributed by atoms with van der Waals surface area (Å²) in [5.41, 5.74) is 2.30.